The summed E-state index contributed by atoms with van der Waals surface area (Å²) in [6.07, 6.45) is 1.86. The van der Waals surface area contributed by atoms with Crippen LogP contribution < -0.4 is 14.8 Å². The molecule has 0 saturated carbocycles. The van der Waals surface area contributed by atoms with E-state index in [0.717, 1.165) is 29.9 Å². The molecule has 0 aromatic heterocycles. The molecule has 5 nitrogen and oxygen atoms in total. The Bertz CT molecular complexity index is 718. The van der Waals surface area contributed by atoms with Gasteiger partial charge in [-0.25, -0.2) is 4.79 Å². The van der Waals surface area contributed by atoms with Crippen LogP contribution in [0.25, 0.3) is 0 Å². The van der Waals surface area contributed by atoms with E-state index in [1.54, 1.807) is 11.9 Å². The number of nitrogens with zero attached hydrogens (tertiary/aromatic N) is 1. The van der Waals surface area contributed by atoms with Crippen LogP contribution in [-0.2, 0) is 13.0 Å². The number of fused-ring (bicyclic) bond motifs is 1. The third-order valence-corrected chi connectivity index (χ3v) is 4.28. The second-order valence-corrected chi connectivity index (χ2v) is 6.42. The van der Waals surface area contributed by atoms with Gasteiger partial charge >= 0.3 is 6.03 Å². The standard InChI is InChI=1S/C20H24N2O3/c1-15(8-9-16-6-4-3-5-7-16)21-20(23)22(2)13-17-10-11-18-19(12-17)25-14-24-18/h3-7,10-12,15H,8-9,13-14H2,1-2H3,(H,21,23). The molecular weight excluding hydrogens is 316 g/mol. The van der Waals surface area contributed by atoms with Crippen molar-refractivity contribution in [3.8, 4) is 11.5 Å². The van der Waals surface area contributed by atoms with Crippen LogP contribution in [0.5, 0.6) is 11.5 Å². The Kier molecular flexibility index (Phi) is 5.43. The first-order chi connectivity index (χ1) is 12.1. The highest BCUT2D eigenvalue weighted by molar-refractivity contribution is 5.74. The summed E-state index contributed by atoms with van der Waals surface area (Å²) in [6.45, 7) is 2.82. The van der Waals surface area contributed by atoms with Crippen LogP contribution in [0.3, 0.4) is 0 Å². The molecule has 1 aliphatic rings. The van der Waals surface area contributed by atoms with Crippen molar-refractivity contribution in [3.05, 3.63) is 59.7 Å². The van der Waals surface area contributed by atoms with Crippen LogP contribution >= 0.6 is 0 Å². The van der Waals surface area contributed by atoms with Gasteiger partial charge in [0.15, 0.2) is 11.5 Å². The number of carbonyl (C=O) groups is 1. The lowest BCUT2D eigenvalue weighted by atomic mass is 10.1. The van der Waals surface area contributed by atoms with Crippen LogP contribution in [0.4, 0.5) is 4.79 Å². The molecule has 0 fully saturated rings. The zero-order chi connectivity index (χ0) is 17.6. The number of benzene rings is 2. The van der Waals surface area contributed by atoms with Crippen molar-refractivity contribution in [2.24, 2.45) is 0 Å². The van der Waals surface area contributed by atoms with Crippen molar-refractivity contribution in [2.75, 3.05) is 13.8 Å². The summed E-state index contributed by atoms with van der Waals surface area (Å²) >= 11 is 0. The molecule has 3 rings (SSSR count). The number of aryl methyl sites for hydroxylation is 1. The van der Waals surface area contributed by atoms with E-state index >= 15 is 0 Å². The SMILES string of the molecule is CC(CCc1ccccc1)NC(=O)N(C)Cc1ccc2c(c1)OCO2. The molecule has 0 bridgehead atoms. The lowest BCUT2D eigenvalue weighted by Crippen LogP contribution is -2.41. The lowest BCUT2D eigenvalue weighted by molar-refractivity contribution is 0.174. The lowest BCUT2D eigenvalue weighted by Gasteiger charge is -2.21. The van der Waals surface area contributed by atoms with Crippen LogP contribution in [0.2, 0.25) is 0 Å². The number of rotatable bonds is 6. The first-order valence-electron chi connectivity index (χ1n) is 8.56. The van der Waals surface area contributed by atoms with E-state index in [-0.39, 0.29) is 18.9 Å². The number of urea groups is 1. The molecule has 0 saturated heterocycles. The first kappa shape index (κ1) is 17.1. The van der Waals surface area contributed by atoms with Crippen LogP contribution in [0.1, 0.15) is 24.5 Å². The number of hydrogen-bond donors (Lipinski definition) is 1. The number of carbonyl (C=O) groups excluding carboxylic acids is 1. The molecule has 1 atom stereocenters. The maximum absolute atomic E-state index is 12.4. The van der Waals surface area contributed by atoms with Crippen molar-refractivity contribution in [2.45, 2.75) is 32.4 Å². The van der Waals surface area contributed by atoms with Gasteiger partial charge in [0, 0.05) is 19.6 Å². The summed E-state index contributed by atoms with van der Waals surface area (Å²) in [6, 6.07) is 16.1. The summed E-state index contributed by atoms with van der Waals surface area (Å²) in [7, 11) is 1.80. The topological polar surface area (TPSA) is 50.8 Å². The normalized spacial score (nSPS) is 13.4. The molecule has 2 aromatic rings. The highest BCUT2D eigenvalue weighted by Crippen LogP contribution is 2.32. The van der Waals surface area contributed by atoms with Crippen LogP contribution in [0, 0.1) is 0 Å². The average Bonchev–Trinajstić information content (AvgIpc) is 3.08. The quantitative estimate of drug-likeness (QED) is 0.874. The largest absolute Gasteiger partial charge is 0.454 e. The van der Waals surface area contributed by atoms with E-state index in [4.69, 9.17) is 9.47 Å². The maximum Gasteiger partial charge on any atom is 0.317 e. The Morgan fingerprint density at radius 3 is 2.68 bits per heavy atom. The van der Waals surface area contributed by atoms with Crippen molar-refractivity contribution in [3.63, 3.8) is 0 Å². The molecule has 132 valence electrons. The first-order valence-corrected chi connectivity index (χ1v) is 8.56. The molecule has 2 aromatic carbocycles. The van der Waals surface area contributed by atoms with Crippen molar-refractivity contribution >= 4 is 6.03 Å². The highest BCUT2D eigenvalue weighted by Gasteiger charge is 2.16. The number of hydrogen-bond acceptors (Lipinski definition) is 3. The van der Waals surface area contributed by atoms with Gasteiger partial charge in [-0.1, -0.05) is 36.4 Å². The van der Waals surface area contributed by atoms with Gasteiger partial charge in [0.1, 0.15) is 0 Å². The Morgan fingerprint density at radius 1 is 1.12 bits per heavy atom. The Labute approximate surface area is 148 Å². The average molecular weight is 340 g/mol. The minimum atomic E-state index is -0.0711. The second-order valence-electron chi connectivity index (χ2n) is 6.42. The van der Waals surface area contributed by atoms with Crippen molar-refractivity contribution in [1.82, 2.24) is 10.2 Å². The fourth-order valence-corrected chi connectivity index (χ4v) is 2.81. The fourth-order valence-electron chi connectivity index (χ4n) is 2.81. The Balaban J connectivity index is 1.47. The van der Waals surface area contributed by atoms with Crippen LogP contribution in [0.15, 0.2) is 48.5 Å². The summed E-state index contributed by atoms with van der Waals surface area (Å²) < 4.78 is 10.7. The second kappa shape index (κ2) is 7.92. The fraction of sp³-hybridized carbons (Fsp3) is 0.350. The zero-order valence-electron chi connectivity index (χ0n) is 14.7. The van der Waals surface area contributed by atoms with Gasteiger partial charge in [-0.05, 0) is 43.0 Å². The number of nitrogens with one attached hydrogen (secondary N) is 1. The molecule has 25 heavy (non-hydrogen) atoms. The number of amides is 2. The van der Waals surface area contributed by atoms with Gasteiger partial charge in [-0.3, -0.25) is 0 Å². The molecular formula is C20H24N2O3. The highest BCUT2D eigenvalue weighted by atomic mass is 16.7. The number of ether oxygens (including phenoxy) is 2. The van der Waals surface area contributed by atoms with Crippen molar-refractivity contribution < 1.29 is 14.3 Å². The summed E-state index contributed by atoms with van der Waals surface area (Å²) in [4.78, 5) is 14.0. The zero-order valence-corrected chi connectivity index (χ0v) is 14.7. The van der Waals surface area contributed by atoms with Gasteiger partial charge in [0.2, 0.25) is 6.79 Å². The molecule has 1 heterocycles. The molecule has 2 amide bonds. The summed E-state index contributed by atoms with van der Waals surface area (Å²) in [5, 5.41) is 3.05. The molecule has 0 radical (unpaired) electrons. The van der Waals surface area contributed by atoms with Gasteiger partial charge in [-0.15, -0.1) is 0 Å². The predicted octanol–water partition coefficient (Wildman–Crippen LogP) is 3.58. The Hall–Kier alpha value is -2.69. The van der Waals surface area contributed by atoms with Gasteiger partial charge in [0.25, 0.3) is 0 Å². The van der Waals surface area contributed by atoms with E-state index < -0.39 is 0 Å². The predicted molar refractivity (Wildman–Crippen MR) is 96.8 cm³/mol. The molecule has 0 aliphatic carbocycles. The smallest absolute Gasteiger partial charge is 0.317 e. The molecule has 1 unspecified atom stereocenters. The molecule has 1 aliphatic heterocycles. The minimum absolute atomic E-state index is 0.0711. The van der Waals surface area contributed by atoms with Gasteiger partial charge in [-0.2, -0.15) is 0 Å². The maximum atomic E-state index is 12.4. The summed E-state index contributed by atoms with van der Waals surface area (Å²) in [5.41, 5.74) is 2.30. The Morgan fingerprint density at radius 2 is 1.88 bits per heavy atom. The minimum Gasteiger partial charge on any atom is -0.454 e. The van der Waals surface area contributed by atoms with E-state index in [1.807, 2.05) is 43.3 Å². The van der Waals surface area contributed by atoms with E-state index in [0.29, 0.717) is 6.54 Å². The van der Waals surface area contributed by atoms with Crippen molar-refractivity contribution in [1.29, 1.82) is 0 Å². The summed E-state index contributed by atoms with van der Waals surface area (Å²) in [5.74, 6) is 1.49. The third-order valence-electron chi connectivity index (χ3n) is 4.28. The molecule has 5 heteroatoms. The van der Waals surface area contributed by atoms with E-state index in [1.165, 1.54) is 5.56 Å². The van der Waals surface area contributed by atoms with Gasteiger partial charge in [0.05, 0.1) is 0 Å². The third kappa shape index (κ3) is 4.66. The molecule has 1 N–H and O–H groups in total. The van der Waals surface area contributed by atoms with E-state index in [9.17, 15) is 4.79 Å². The van der Waals surface area contributed by atoms with Crippen LogP contribution in [-0.4, -0.2) is 30.8 Å². The monoisotopic (exact) mass is 340 g/mol. The van der Waals surface area contributed by atoms with E-state index in [2.05, 4.69) is 17.4 Å². The molecule has 0 spiro atoms. The van der Waals surface area contributed by atoms with Gasteiger partial charge < -0.3 is 19.7 Å².